The van der Waals surface area contributed by atoms with Crippen molar-refractivity contribution in [3.8, 4) is 0 Å². The molecule has 2 aromatic rings. The van der Waals surface area contributed by atoms with E-state index in [-0.39, 0.29) is 24.8 Å². The third-order valence-corrected chi connectivity index (χ3v) is 5.53. The Morgan fingerprint density at radius 3 is 2.34 bits per heavy atom. The van der Waals surface area contributed by atoms with Crippen LogP contribution in [-0.2, 0) is 9.59 Å². The van der Waals surface area contributed by atoms with Gasteiger partial charge in [-0.2, -0.15) is 0 Å². The quantitative estimate of drug-likeness (QED) is 0.612. The molecule has 2 N–H and O–H groups in total. The summed E-state index contributed by atoms with van der Waals surface area (Å²) in [6, 6.07) is 11.2. The number of halogens is 2. The Balaban J connectivity index is 1.53. The highest BCUT2D eigenvalue weighted by molar-refractivity contribution is 6.36. The monoisotopic (exact) mass is 433 g/mol. The van der Waals surface area contributed by atoms with Crippen LogP contribution in [0.3, 0.4) is 0 Å². The third kappa shape index (κ3) is 6.20. The Morgan fingerprint density at radius 2 is 1.72 bits per heavy atom. The summed E-state index contributed by atoms with van der Waals surface area (Å²) in [4.78, 5) is 27.0. The minimum atomic E-state index is -0.143. The zero-order chi connectivity index (χ0) is 21.0. The second-order valence-electron chi connectivity index (χ2n) is 7.44. The van der Waals surface area contributed by atoms with Gasteiger partial charge in [0, 0.05) is 29.7 Å². The lowest BCUT2D eigenvalue weighted by atomic mass is 10.1. The summed E-state index contributed by atoms with van der Waals surface area (Å²) < 4.78 is 0. The molecule has 3 rings (SSSR count). The fraction of sp³-hybridized carbons (Fsp3) is 0.364. The summed E-state index contributed by atoms with van der Waals surface area (Å²) in [6.07, 6.45) is 2.40. The fourth-order valence-electron chi connectivity index (χ4n) is 3.25. The van der Waals surface area contributed by atoms with E-state index in [0.29, 0.717) is 28.3 Å². The highest BCUT2D eigenvalue weighted by Gasteiger charge is 2.30. The number of hydrogen-bond acceptors (Lipinski definition) is 3. The number of carbonyl (C=O) groups is 2. The van der Waals surface area contributed by atoms with Gasteiger partial charge in [-0.3, -0.25) is 14.5 Å². The molecule has 29 heavy (non-hydrogen) atoms. The molecular weight excluding hydrogens is 409 g/mol. The molecular formula is C22H25Cl2N3O2. The van der Waals surface area contributed by atoms with E-state index in [2.05, 4.69) is 15.5 Å². The van der Waals surface area contributed by atoms with E-state index in [1.807, 2.05) is 32.0 Å². The van der Waals surface area contributed by atoms with Gasteiger partial charge in [-0.15, -0.1) is 0 Å². The van der Waals surface area contributed by atoms with E-state index in [0.717, 1.165) is 29.7 Å². The molecule has 0 bridgehead atoms. The minimum Gasteiger partial charge on any atom is -0.325 e. The maximum atomic E-state index is 12.6. The lowest BCUT2D eigenvalue weighted by molar-refractivity contribution is -0.119. The SMILES string of the molecule is Cc1cccc(C)c1NC(=O)CN(CCC(=O)Nc1ccc(Cl)cc1Cl)C1CC1. The number of nitrogens with zero attached hydrogens (tertiary/aromatic N) is 1. The van der Waals surface area contributed by atoms with Crippen molar-refractivity contribution in [2.75, 3.05) is 23.7 Å². The van der Waals surface area contributed by atoms with E-state index in [4.69, 9.17) is 23.2 Å². The van der Waals surface area contributed by atoms with Gasteiger partial charge in [0.15, 0.2) is 0 Å². The number of hydrogen-bond donors (Lipinski definition) is 2. The molecule has 154 valence electrons. The van der Waals surface area contributed by atoms with Crippen LogP contribution < -0.4 is 10.6 Å². The molecule has 0 radical (unpaired) electrons. The summed E-state index contributed by atoms with van der Waals surface area (Å²) in [5, 5.41) is 6.74. The van der Waals surface area contributed by atoms with Crippen LogP contribution in [0.5, 0.6) is 0 Å². The first kappa shape index (κ1) is 21.6. The predicted octanol–water partition coefficient (Wildman–Crippen LogP) is 5.04. The molecule has 1 saturated carbocycles. The summed E-state index contributed by atoms with van der Waals surface area (Å²) in [7, 11) is 0. The van der Waals surface area contributed by atoms with Crippen molar-refractivity contribution in [3.05, 3.63) is 57.6 Å². The van der Waals surface area contributed by atoms with Crippen molar-refractivity contribution in [1.29, 1.82) is 0 Å². The van der Waals surface area contributed by atoms with E-state index in [9.17, 15) is 9.59 Å². The summed E-state index contributed by atoms with van der Waals surface area (Å²) >= 11 is 12.0. The molecule has 1 aliphatic carbocycles. The average molecular weight is 434 g/mol. The van der Waals surface area contributed by atoms with Gasteiger partial charge in [0.25, 0.3) is 0 Å². The van der Waals surface area contributed by atoms with Crippen LogP contribution in [0.25, 0.3) is 0 Å². The summed E-state index contributed by atoms with van der Waals surface area (Å²) in [6.45, 7) is 4.75. The lowest BCUT2D eigenvalue weighted by Crippen LogP contribution is -2.37. The maximum Gasteiger partial charge on any atom is 0.238 e. The highest BCUT2D eigenvalue weighted by Crippen LogP contribution is 2.28. The van der Waals surface area contributed by atoms with Gasteiger partial charge in [0.05, 0.1) is 17.3 Å². The van der Waals surface area contributed by atoms with E-state index < -0.39 is 0 Å². The summed E-state index contributed by atoms with van der Waals surface area (Å²) in [5.74, 6) is -0.203. The molecule has 1 fully saturated rings. The van der Waals surface area contributed by atoms with Gasteiger partial charge >= 0.3 is 0 Å². The first-order valence-electron chi connectivity index (χ1n) is 9.68. The normalized spacial score (nSPS) is 13.4. The van der Waals surface area contributed by atoms with Gasteiger partial charge in [-0.25, -0.2) is 0 Å². The van der Waals surface area contributed by atoms with E-state index in [1.165, 1.54) is 0 Å². The Bertz CT molecular complexity index is 893. The van der Waals surface area contributed by atoms with Crippen LogP contribution in [0, 0.1) is 13.8 Å². The number of anilines is 2. The standard InChI is InChI=1S/C22H25Cl2N3O2/c1-14-4-3-5-15(2)22(14)26-21(29)13-27(17-7-8-17)11-10-20(28)25-19-9-6-16(23)12-18(19)24/h3-6,9,12,17H,7-8,10-11,13H2,1-2H3,(H,25,28)(H,26,29). The van der Waals surface area contributed by atoms with Crippen LogP contribution in [0.2, 0.25) is 10.0 Å². The Kier molecular flexibility index (Phi) is 7.17. The van der Waals surface area contributed by atoms with Crippen LogP contribution in [-0.4, -0.2) is 35.8 Å². The molecule has 0 spiro atoms. The molecule has 2 aromatic carbocycles. The van der Waals surface area contributed by atoms with Crippen LogP contribution >= 0.6 is 23.2 Å². The average Bonchev–Trinajstić information content (AvgIpc) is 3.49. The highest BCUT2D eigenvalue weighted by atomic mass is 35.5. The van der Waals surface area contributed by atoms with E-state index >= 15 is 0 Å². The molecule has 0 heterocycles. The zero-order valence-electron chi connectivity index (χ0n) is 16.6. The number of nitrogens with one attached hydrogen (secondary N) is 2. The lowest BCUT2D eigenvalue weighted by Gasteiger charge is -2.22. The number of amides is 2. The minimum absolute atomic E-state index is 0.0598. The van der Waals surface area contributed by atoms with Crippen molar-refractivity contribution in [3.63, 3.8) is 0 Å². The first-order valence-corrected chi connectivity index (χ1v) is 10.4. The van der Waals surface area contributed by atoms with Gasteiger partial charge in [-0.1, -0.05) is 41.4 Å². The zero-order valence-corrected chi connectivity index (χ0v) is 18.1. The van der Waals surface area contributed by atoms with Crippen LogP contribution in [0.4, 0.5) is 11.4 Å². The van der Waals surface area contributed by atoms with Crippen LogP contribution in [0.1, 0.15) is 30.4 Å². The molecule has 1 aliphatic rings. The second kappa shape index (κ2) is 9.61. The molecule has 7 heteroatoms. The number of rotatable bonds is 8. The van der Waals surface area contributed by atoms with Gasteiger partial charge < -0.3 is 10.6 Å². The third-order valence-electron chi connectivity index (χ3n) is 4.99. The van der Waals surface area contributed by atoms with Gasteiger partial charge in [-0.05, 0) is 56.0 Å². The Labute approximate surface area is 181 Å². The molecule has 0 aromatic heterocycles. The molecule has 0 saturated heterocycles. The number of carbonyl (C=O) groups excluding carboxylic acids is 2. The van der Waals surface area contributed by atoms with Crippen molar-refractivity contribution < 1.29 is 9.59 Å². The molecule has 0 atom stereocenters. The van der Waals surface area contributed by atoms with E-state index in [1.54, 1.807) is 18.2 Å². The summed E-state index contributed by atoms with van der Waals surface area (Å²) in [5.41, 5.74) is 3.47. The van der Waals surface area contributed by atoms with Gasteiger partial charge in [0.1, 0.15) is 0 Å². The molecule has 5 nitrogen and oxygen atoms in total. The van der Waals surface area contributed by atoms with Crippen molar-refractivity contribution in [2.24, 2.45) is 0 Å². The first-order chi connectivity index (χ1) is 13.8. The Morgan fingerprint density at radius 1 is 1.03 bits per heavy atom. The molecule has 0 aliphatic heterocycles. The second-order valence-corrected chi connectivity index (χ2v) is 8.28. The molecule has 2 amide bonds. The Hall–Kier alpha value is -2.08. The predicted molar refractivity (Wildman–Crippen MR) is 119 cm³/mol. The topological polar surface area (TPSA) is 61.4 Å². The fourth-order valence-corrected chi connectivity index (χ4v) is 3.71. The van der Waals surface area contributed by atoms with Crippen molar-refractivity contribution in [2.45, 2.75) is 39.2 Å². The number of benzene rings is 2. The van der Waals surface area contributed by atoms with Gasteiger partial charge in [0.2, 0.25) is 11.8 Å². The van der Waals surface area contributed by atoms with Crippen molar-refractivity contribution in [1.82, 2.24) is 4.90 Å². The largest absolute Gasteiger partial charge is 0.325 e. The molecule has 0 unspecified atom stereocenters. The number of aryl methyl sites for hydroxylation is 2. The number of para-hydroxylation sites is 1. The maximum absolute atomic E-state index is 12.6. The van der Waals surface area contributed by atoms with Crippen LogP contribution in [0.15, 0.2) is 36.4 Å². The smallest absolute Gasteiger partial charge is 0.238 e. The van der Waals surface area contributed by atoms with Crippen molar-refractivity contribution >= 4 is 46.4 Å².